The molecule has 2 aromatic carbocycles. The van der Waals surface area contributed by atoms with Crippen LogP contribution in [-0.4, -0.2) is 41.1 Å². The molecule has 0 spiro atoms. The van der Waals surface area contributed by atoms with E-state index >= 15 is 0 Å². The Morgan fingerprint density at radius 2 is 1.52 bits per heavy atom. The summed E-state index contributed by atoms with van der Waals surface area (Å²) in [4.78, 5) is 21.9. The molecule has 0 amide bonds. The molecule has 7 nitrogen and oxygen atoms in total. The van der Waals surface area contributed by atoms with Crippen molar-refractivity contribution in [1.82, 2.24) is 9.97 Å². The quantitative estimate of drug-likeness (QED) is 0.488. The topological polar surface area (TPSA) is 75.4 Å². The molecule has 0 atom stereocenters. The average molecular weight is 403 g/mol. The number of nitro benzene ring substituents is 1. The number of para-hydroxylation sites is 3. The first-order chi connectivity index (χ1) is 13.8. The summed E-state index contributed by atoms with van der Waals surface area (Å²) in [6, 6.07) is 13.0. The summed E-state index contributed by atoms with van der Waals surface area (Å²) in [5.41, 5.74) is 0.736. The molecule has 0 aliphatic carbocycles. The zero-order valence-corrected chi connectivity index (χ0v) is 15.1. The Morgan fingerprint density at radius 1 is 0.897 bits per heavy atom. The number of fused-ring (bicyclic) bond motifs is 1. The SMILES string of the molecule is O=[N+]([O-])c1ccccc1N1CCN(c2nc(C(F)(F)F)nc3ccccc23)CC1. The van der Waals surface area contributed by atoms with Gasteiger partial charge in [0.05, 0.1) is 10.4 Å². The van der Waals surface area contributed by atoms with Gasteiger partial charge in [-0.3, -0.25) is 10.1 Å². The van der Waals surface area contributed by atoms with Gasteiger partial charge in [-0.2, -0.15) is 13.2 Å². The molecule has 0 N–H and O–H groups in total. The van der Waals surface area contributed by atoms with Gasteiger partial charge in [-0.1, -0.05) is 24.3 Å². The van der Waals surface area contributed by atoms with Crippen LogP contribution in [0.25, 0.3) is 10.9 Å². The maximum absolute atomic E-state index is 13.3. The molecule has 3 aromatic rings. The maximum Gasteiger partial charge on any atom is 0.451 e. The summed E-state index contributed by atoms with van der Waals surface area (Å²) in [6.07, 6.45) is -4.65. The van der Waals surface area contributed by atoms with E-state index in [1.165, 1.54) is 12.1 Å². The third-order valence-corrected chi connectivity index (χ3v) is 4.83. The zero-order chi connectivity index (χ0) is 20.6. The fourth-order valence-electron chi connectivity index (χ4n) is 3.47. The fraction of sp³-hybridized carbons (Fsp3) is 0.263. The lowest BCUT2D eigenvalue weighted by molar-refractivity contribution is -0.384. The Morgan fingerprint density at radius 3 is 2.21 bits per heavy atom. The van der Waals surface area contributed by atoms with Crippen LogP contribution < -0.4 is 9.80 Å². The van der Waals surface area contributed by atoms with Crippen molar-refractivity contribution in [2.24, 2.45) is 0 Å². The molecule has 0 saturated carbocycles. The predicted octanol–water partition coefficient (Wildman–Crippen LogP) is 3.88. The third-order valence-electron chi connectivity index (χ3n) is 4.83. The van der Waals surface area contributed by atoms with E-state index in [-0.39, 0.29) is 17.0 Å². The zero-order valence-electron chi connectivity index (χ0n) is 15.1. The minimum absolute atomic E-state index is 0.00722. The number of hydrogen-bond acceptors (Lipinski definition) is 6. The first kappa shape index (κ1) is 18.9. The Kier molecular flexibility index (Phi) is 4.69. The number of benzene rings is 2. The molecular formula is C19H16F3N5O2. The summed E-state index contributed by atoms with van der Waals surface area (Å²) in [5, 5.41) is 11.8. The number of nitrogens with zero attached hydrogens (tertiary/aromatic N) is 5. The predicted molar refractivity (Wildman–Crippen MR) is 102 cm³/mol. The highest BCUT2D eigenvalue weighted by Crippen LogP contribution is 2.33. The molecule has 4 rings (SSSR count). The van der Waals surface area contributed by atoms with Gasteiger partial charge in [0.1, 0.15) is 11.5 Å². The molecular weight excluding hydrogens is 387 g/mol. The van der Waals surface area contributed by atoms with E-state index in [1.807, 2.05) is 4.90 Å². The Hall–Kier alpha value is -3.43. The number of alkyl halides is 3. The molecule has 1 saturated heterocycles. The molecule has 0 bridgehead atoms. The van der Waals surface area contributed by atoms with Crippen LogP contribution in [0.1, 0.15) is 5.82 Å². The second-order valence-electron chi connectivity index (χ2n) is 6.61. The highest BCUT2D eigenvalue weighted by atomic mass is 19.4. The molecule has 150 valence electrons. The van der Waals surface area contributed by atoms with Gasteiger partial charge in [0.25, 0.3) is 5.69 Å². The minimum atomic E-state index is -4.65. The lowest BCUT2D eigenvalue weighted by atomic mass is 10.2. The highest BCUT2D eigenvalue weighted by molar-refractivity contribution is 5.89. The van der Waals surface area contributed by atoms with Crippen LogP contribution in [0.4, 0.5) is 30.4 Å². The third kappa shape index (κ3) is 3.65. The van der Waals surface area contributed by atoms with E-state index in [1.54, 1.807) is 41.3 Å². The first-order valence-electron chi connectivity index (χ1n) is 8.92. The maximum atomic E-state index is 13.3. The van der Waals surface area contributed by atoms with Crippen molar-refractivity contribution in [3.8, 4) is 0 Å². The summed E-state index contributed by atoms with van der Waals surface area (Å²) >= 11 is 0. The number of hydrogen-bond donors (Lipinski definition) is 0. The standard InChI is InChI=1S/C19H16F3N5O2/c20-19(21,22)18-23-14-6-2-1-5-13(14)17(24-18)26-11-9-25(10-12-26)15-7-3-4-8-16(15)27(28)29/h1-8H,9-12H2. The second-order valence-corrected chi connectivity index (χ2v) is 6.61. The van der Waals surface area contributed by atoms with Crippen molar-refractivity contribution >= 4 is 28.1 Å². The van der Waals surface area contributed by atoms with Crippen LogP contribution in [-0.2, 0) is 6.18 Å². The largest absolute Gasteiger partial charge is 0.451 e. The van der Waals surface area contributed by atoms with Crippen LogP contribution in [0.3, 0.4) is 0 Å². The monoisotopic (exact) mass is 403 g/mol. The van der Waals surface area contributed by atoms with Gasteiger partial charge in [-0.05, 0) is 18.2 Å². The number of piperazine rings is 1. The van der Waals surface area contributed by atoms with Crippen molar-refractivity contribution in [1.29, 1.82) is 0 Å². The molecule has 1 aliphatic rings. The lowest BCUT2D eigenvalue weighted by Crippen LogP contribution is -2.47. The van der Waals surface area contributed by atoms with Crippen molar-refractivity contribution in [3.63, 3.8) is 0 Å². The molecule has 1 aliphatic heterocycles. The Labute approximate surface area is 163 Å². The number of halogens is 3. The lowest BCUT2D eigenvalue weighted by Gasteiger charge is -2.36. The molecule has 0 radical (unpaired) electrons. The normalized spacial score (nSPS) is 15.0. The van der Waals surface area contributed by atoms with E-state index in [9.17, 15) is 23.3 Å². The van der Waals surface area contributed by atoms with E-state index in [0.717, 1.165) is 0 Å². The molecule has 10 heteroatoms. The molecule has 0 unspecified atom stereocenters. The number of rotatable bonds is 3. The van der Waals surface area contributed by atoms with E-state index in [2.05, 4.69) is 9.97 Å². The molecule has 1 fully saturated rings. The number of anilines is 2. The van der Waals surface area contributed by atoms with Crippen molar-refractivity contribution in [2.45, 2.75) is 6.18 Å². The Bertz CT molecular complexity index is 1070. The molecule has 29 heavy (non-hydrogen) atoms. The van der Waals surface area contributed by atoms with Gasteiger partial charge in [0.15, 0.2) is 0 Å². The second kappa shape index (κ2) is 7.19. The summed E-state index contributed by atoms with van der Waals surface area (Å²) in [7, 11) is 0. The number of aromatic nitrogens is 2. The number of nitro groups is 1. The summed E-state index contributed by atoms with van der Waals surface area (Å²) < 4.78 is 39.8. The first-order valence-corrected chi connectivity index (χ1v) is 8.92. The van der Waals surface area contributed by atoms with Crippen molar-refractivity contribution < 1.29 is 18.1 Å². The van der Waals surface area contributed by atoms with Crippen molar-refractivity contribution in [2.75, 3.05) is 36.0 Å². The van der Waals surface area contributed by atoms with Gasteiger partial charge >= 0.3 is 6.18 Å². The van der Waals surface area contributed by atoms with Gasteiger partial charge in [0.2, 0.25) is 5.82 Å². The van der Waals surface area contributed by atoms with Crippen LogP contribution >= 0.6 is 0 Å². The van der Waals surface area contributed by atoms with Gasteiger partial charge in [-0.25, -0.2) is 9.97 Å². The van der Waals surface area contributed by atoms with Crippen molar-refractivity contribution in [3.05, 3.63) is 64.5 Å². The highest BCUT2D eigenvalue weighted by Gasteiger charge is 2.36. The summed E-state index contributed by atoms with van der Waals surface area (Å²) in [6.45, 7) is 1.60. The minimum Gasteiger partial charge on any atom is -0.362 e. The fourth-order valence-corrected chi connectivity index (χ4v) is 3.47. The van der Waals surface area contributed by atoms with Gasteiger partial charge < -0.3 is 9.80 Å². The van der Waals surface area contributed by atoms with Gasteiger partial charge in [0, 0.05) is 37.6 Å². The average Bonchev–Trinajstić information content (AvgIpc) is 2.72. The van der Waals surface area contributed by atoms with E-state index in [0.29, 0.717) is 37.3 Å². The van der Waals surface area contributed by atoms with Crippen LogP contribution in [0.15, 0.2) is 48.5 Å². The van der Waals surface area contributed by atoms with Crippen LogP contribution in [0.5, 0.6) is 0 Å². The van der Waals surface area contributed by atoms with E-state index < -0.39 is 16.9 Å². The van der Waals surface area contributed by atoms with E-state index in [4.69, 9.17) is 0 Å². The molecule has 2 heterocycles. The van der Waals surface area contributed by atoms with Gasteiger partial charge in [-0.15, -0.1) is 0 Å². The Balaban J connectivity index is 1.64. The van der Waals surface area contributed by atoms with Crippen LogP contribution in [0, 0.1) is 10.1 Å². The smallest absolute Gasteiger partial charge is 0.362 e. The van der Waals surface area contributed by atoms with Crippen LogP contribution in [0.2, 0.25) is 0 Å². The summed E-state index contributed by atoms with van der Waals surface area (Å²) in [5.74, 6) is -0.947. The molecule has 1 aromatic heterocycles.